The summed E-state index contributed by atoms with van der Waals surface area (Å²) in [6.45, 7) is 0. The van der Waals surface area contributed by atoms with Gasteiger partial charge in [-0.25, -0.2) is 0 Å². The monoisotopic (exact) mass is 549 g/mol. The predicted molar refractivity (Wildman–Crippen MR) is 145 cm³/mol. The second-order valence-electron chi connectivity index (χ2n) is 8.07. The van der Waals surface area contributed by atoms with Gasteiger partial charge in [-0.3, -0.25) is 14.5 Å². The van der Waals surface area contributed by atoms with Crippen molar-refractivity contribution in [3.05, 3.63) is 106 Å². The number of hydrogen-bond donors (Lipinski definition) is 1. The lowest BCUT2D eigenvalue weighted by atomic mass is 9.95. The standard InChI is InChI=1S/C27H20ClN3O4S2/c1-35-20-13-9-18(10-14-20)23(32)21-22(17-7-11-19(28)12-8-17)31(25(34)24(21)33)26-29-30-27(37-26)36-15-16-5-3-2-4-6-16/h2-14,22,32H,15H2,1H3. The Balaban J connectivity index is 1.54. The van der Waals surface area contributed by atoms with Gasteiger partial charge in [0.05, 0.1) is 18.7 Å². The Morgan fingerprint density at radius 1 is 1.03 bits per heavy atom. The lowest BCUT2D eigenvalue weighted by Gasteiger charge is -2.22. The average Bonchev–Trinajstić information content (AvgIpc) is 3.50. The molecule has 0 spiro atoms. The molecule has 2 heterocycles. The van der Waals surface area contributed by atoms with Crippen molar-refractivity contribution in [3.63, 3.8) is 0 Å². The number of aliphatic hydroxyl groups is 1. The molecular formula is C27H20ClN3O4S2. The van der Waals surface area contributed by atoms with E-state index in [0.29, 0.717) is 32.0 Å². The minimum absolute atomic E-state index is 0.0359. The first-order valence-electron chi connectivity index (χ1n) is 11.2. The highest BCUT2D eigenvalue weighted by Gasteiger charge is 2.48. The molecule has 37 heavy (non-hydrogen) atoms. The molecule has 1 atom stereocenters. The van der Waals surface area contributed by atoms with Crippen molar-refractivity contribution >= 4 is 57.3 Å². The van der Waals surface area contributed by atoms with Crippen LogP contribution in [-0.2, 0) is 15.3 Å². The molecule has 1 amide bonds. The first kappa shape index (κ1) is 25.0. The van der Waals surface area contributed by atoms with E-state index in [1.807, 2.05) is 30.3 Å². The molecule has 1 N–H and O–H groups in total. The van der Waals surface area contributed by atoms with Crippen molar-refractivity contribution in [3.8, 4) is 5.75 Å². The number of hydrogen-bond acceptors (Lipinski definition) is 8. The van der Waals surface area contributed by atoms with Gasteiger partial charge in [0.15, 0.2) is 4.34 Å². The minimum Gasteiger partial charge on any atom is -0.507 e. The van der Waals surface area contributed by atoms with Crippen LogP contribution in [0.2, 0.25) is 5.02 Å². The average molecular weight is 550 g/mol. The number of aliphatic hydroxyl groups excluding tert-OH is 1. The van der Waals surface area contributed by atoms with Crippen molar-refractivity contribution in [2.24, 2.45) is 0 Å². The number of ether oxygens (including phenoxy) is 1. The zero-order chi connectivity index (χ0) is 25.9. The second-order valence-corrected chi connectivity index (χ2v) is 10.7. The summed E-state index contributed by atoms with van der Waals surface area (Å²) >= 11 is 8.81. The number of ketones is 1. The number of amides is 1. The highest BCUT2D eigenvalue weighted by molar-refractivity contribution is 8.00. The fourth-order valence-electron chi connectivity index (χ4n) is 3.97. The van der Waals surface area contributed by atoms with Crippen molar-refractivity contribution in [2.45, 2.75) is 16.1 Å². The van der Waals surface area contributed by atoms with Crippen LogP contribution >= 0.6 is 34.7 Å². The van der Waals surface area contributed by atoms with E-state index in [9.17, 15) is 14.7 Å². The van der Waals surface area contributed by atoms with Crippen molar-refractivity contribution in [2.75, 3.05) is 12.0 Å². The molecule has 1 fully saturated rings. The number of benzene rings is 3. The first-order valence-corrected chi connectivity index (χ1v) is 13.4. The van der Waals surface area contributed by atoms with Gasteiger partial charge < -0.3 is 9.84 Å². The van der Waals surface area contributed by atoms with Gasteiger partial charge in [-0.05, 0) is 47.5 Å². The van der Waals surface area contributed by atoms with E-state index in [1.54, 1.807) is 48.5 Å². The quantitative estimate of drug-likeness (QED) is 0.0976. The van der Waals surface area contributed by atoms with Crippen LogP contribution in [0.1, 0.15) is 22.7 Å². The number of thioether (sulfide) groups is 1. The van der Waals surface area contributed by atoms with Crippen molar-refractivity contribution in [1.82, 2.24) is 10.2 Å². The van der Waals surface area contributed by atoms with Gasteiger partial charge in [0.2, 0.25) is 5.13 Å². The van der Waals surface area contributed by atoms with Crippen LogP contribution in [0.3, 0.4) is 0 Å². The third kappa shape index (κ3) is 5.11. The van der Waals surface area contributed by atoms with Crippen LogP contribution in [0.25, 0.3) is 5.76 Å². The molecule has 3 aromatic carbocycles. The van der Waals surface area contributed by atoms with Crippen LogP contribution < -0.4 is 9.64 Å². The molecule has 0 saturated carbocycles. The summed E-state index contributed by atoms with van der Waals surface area (Å²) in [5, 5.41) is 20.5. The van der Waals surface area contributed by atoms with Crippen LogP contribution in [0.15, 0.2) is 88.8 Å². The number of carbonyl (C=O) groups is 2. The van der Waals surface area contributed by atoms with Crippen molar-refractivity contribution < 1.29 is 19.4 Å². The zero-order valence-corrected chi connectivity index (χ0v) is 21.9. The number of carbonyl (C=O) groups excluding carboxylic acids is 2. The van der Waals surface area contributed by atoms with E-state index in [0.717, 1.165) is 5.56 Å². The molecule has 0 aliphatic carbocycles. The van der Waals surface area contributed by atoms with Gasteiger partial charge in [-0.2, -0.15) is 0 Å². The molecule has 5 rings (SSSR count). The van der Waals surface area contributed by atoms with Gasteiger partial charge in [-0.15, -0.1) is 10.2 Å². The number of anilines is 1. The summed E-state index contributed by atoms with van der Waals surface area (Å²) in [5.74, 6) is -0.591. The Morgan fingerprint density at radius 2 is 1.73 bits per heavy atom. The van der Waals surface area contributed by atoms with Crippen LogP contribution in [0.4, 0.5) is 5.13 Å². The Morgan fingerprint density at radius 3 is 2.41 bits per heavy atom. The molecule has 1 saturated heterocycles. The smallest absolute Gasteiger partial charge is 0.301 e. The molecule has 0 radical (unpaired) electrons. The fourth-order valence-corrected chi connectivity index (χ4v) is 5.92. The number of nitrogens with zero attached hydrogens (tertiary/aromatic N) is 3. The molecule has 0 bridgehead atoms. The maximum absolute atomic E-state index is 13.3. The van der Waals surface area contributed by atoms with Crippen LogP contribution in [0, 0.1) is 0 Å². The van der Waals surface area contributed by atoms with Crippen molar-refractivity contribution in [1.29, 1.82) is 0 Å². The molecule has 1 aliphatic heterocycles. The molecule has 4 aromatic rings. The summed E-state index contributed by atoms with van der Waals surface area (Å²) < 4.78 is 5.84. The molecule has 1 aliphatic rings. The number of Topliss-reactive ketones (excluding diaryl/α,β-unsaturated/α-hetero) is 1. The maximum Gasteiger partial charge on any atom is 0.301 e. The fraction of sp³-hybridized carbons (Fsp3) is 0.111. The summed E-state index contributed by atoms with van der Waals surface area (Å²) in [7, 11) is 1.54. The third-order valence-electron chi connectivity index (χ3n) is 5.80. The number of methoxy groups -OCH3 is 1. The Labute approximate surface area is 226 Å². The number of rotatable bonds is 7. The lowest BCUT2D eigenvalue weighted by molar-refractivity contribution is -0.132. The molecular weight excluding hydrogens is 530 g/mol. The summed E-state index contributed by atoms with van der Waals surface area (Å²) in [6, 6.07) is 22.4. The van der Waals surface area contributed by atoms with Gasteiger partial charge in [0.1, 0.15) is 11.5 Å². The first-order chi connectivity index (χ1) is 18.0. The van der Waals surface area contributed by atoms with Crippen LogP contribution in [-0.4, -0.2) is 34.1 Å². The Hall–Kier alpha value is -3.66. The third-order valence-corrected chi connectivity index (χ3v) is 8.18. The van der Waals surface area contributed by atoms with Gasteiger partial charge in [0.25, 0.3) is 5.78 Å². The number of aromatic nitrogens is 2. The van der Waals surface area contributed by atoms with E-state index in [1.165, 1.54) is 35.1 Å². The number of halogens is 1. The minimum atomic E-state index is -0.903. The highest BCUT2D eigenvalue weighted by atomic mass is 35.5. The predicted octanol–water partition coefficient (Wildman–Crippen LogP) is 6.12. The van der Waals surface area contributed by atoms with Crippen LogP contribution in [0.5, 0.6) is 5.75 Å². The highest BCUT2D eigenvalue weighted by Crippen LogP contribution is 2.44. The Bertz CT molecular complexity index is 1470. The largest absolute Gasteiger partial charge is 0.507 e. The second kappa shape index (κ2) is 10.8. The van der Waals surface area contributed by atoms with Gasteiger partial charge in [-0.1, -0.05) is 77.2 Å². The van der Waals surface area contributed by atoms with E-state index >= 15 is 0 Å². The van der Waals surface area contributed by atoms with E-state index in [-0.39, 0.29) is 16.5 Å². The zero-order valence-electron chi connectivity index (χ0n) is 19.5. The molecule has 1 unspecified atom stereocenters. The van der Waals surface area contributed by atoms with Gasteiger partial charge >= 0.3 is 5.91 Å². The van der Waals surface area contributed by atoms with E-state index in [4.69, 9.17) is 16.3 Å². The molecule has 1 aromatic heterocycles. The molecule has 7 nitrogen and oxygen atoms in total. The van der Waals surface area contributed by atoms with Gasteiger partial charge in [0, 0.05) is 16.3 Å². The molecule has 186 valence electrons. The maximum atomic E-state index is 13.3. The normalized spacial score (nSPS) is 16.8. The SMILES string of the molecule is COc1ccc(C(O)=C2C(=O)C(=O)N(c3nnc(SCc4ccccc4)s3)C2c2ccc(Cl)cc2)cc1. The summed E-state index contributed by atoms with van der Waals surface area (Å²) in [5.41, 5.74) is 2.08. The Kier molecular flexibility index (Phi) is 7.27. The van der Waals surface area contributed by atoms with E-state index in [2.05, 4.69) is 10.2 Å². The molecule has 10 heteroatoms. The summed E-state index contributed by atoms with van der Waals surface area (Å²) in [6.07, 6.45) is 0. The van der Waals surface area contributed by atoms with E-state index < -0.39 is 17.7 Å². The lowest BCUT2D eigenvalue weighted by Crippen LogP contribution is -2.29. The topological polar surface area (TPSA) is 92.6 Å². The summed E-state index contributed by atoms with van der Waals surface area (Å²) in [4.78, 5) is 27.9.